The minimum absolute atomic E-state index is 0.0697. The largest absolute Gasteiger partial charge is 0.463 e. The van der Waals surface area contributed by atoms with Gasteiger partial charge in [0, 0.05) is 6.42 Å². The highest BCUT2D eigenvalue weighted by Crippen LogP contribution is 2.17. The van der Waals surface area contributed by atoms with Crippen molar-refractivity contribution in [2.45, 2.75) is 160 Å². The third kappa shape index (κ3) is 16.1. The molecule has 1 fully saturated rings. The van der Waals surface area contributed by atoms with Gasteiger partial charge in [0.2, 0.25) is 0 Å². The first-order chi connectivity index (χ1) is 16.6. The predicted octanol–water partition coefficient (Wildman–Crippen LogP) is 5.83. The number of esters is 1. The average Bonchev–Trinajstić information content (AvgIpc) is 2.83. The first kappa shape index (κ1) is 31.3. The number of carbonyl (C=O) groups is 1. The number of aliphatic hydroxyl groups excluding tert-OH is 3. The molecule has 3 N–H and O–H groups in total. The monoisotopic (exact) mass is 486 g/mol. The molecule has 0 aromatic heterocycles. The van der Waals surface area contributed by atoms with E-state index in [0.717, 1.165) is 19.3 Å². The van der Waals surface area contributed by atoms with Crippen LogP contribution in [0.1, 0.15) is 135 Å². The van der Waals surface area contributed by atoms with Gasteiger partial charge in [0.1, 0.15) is 31.0 Å². The average molecular weight is 487 g/mol. The van der Waals surface area contributed by atoms with E-state index >= 15 is 0 Å². The quantitative estimate of drug-likeness (QED) is 0.132. The standard InChI is InChI=1S/C28H54O6/c1-2-3-4-5-6-7-8-9-10-11-12-13-14-15-16-17-18-19-20-21-26(30)34-23-25-28(32)27(31)24(29)22-33-25/h24-25,27-29,31-32H,2-23H2,1H3/t24-,25-,27-,28-/m1/s1. The van der Waals surface area contributed by atoms with Crippen molar-refractivity contribution in [2.75, 3.05) is 13.2 Å². The maximum Gasteiger partial charge on any atom is 0.305 e. The zero-order valence-corrected chi connectivity index (χ0v) is 21.9. The fourth-order valence-corrected chi connectivity index (χ4v) is 4.61. The Morgan fingerprint density at radius 1 is 0.676 bits per heavy atom. The summed E-state index contributed by atoms with van der Waals surface area (Å²) in [5, 5.41) is 28.9. The molecule has 0 saturated carbocycles. The van der Waals surface area contributed by atoms with Crippen LogP contribution in [0.25, 0.3) is 0 Å². The molecule has 1 rings (SSSR count). The van der Waals surface area contributed by atoms with Crippen LogP contribution in [0.5, 0.6) is 0 Å². The molecule has 1 heterocycles. The van der Waals surface area contributed by atoms with Crippen molar-refractivity contribution >= 4 is 5.97 Å². The third-order valence-corrected chi connectivity index (χ3v) is 7.00. The summed E-state index contributed by atoms with van der Waals surface area (Å²) >= 11 is 0. The van der Waals surface area contributed by atoms with Crippen LogP contribution in [-0.4, -0.2) is 58.9 Å². The Morgan fingerprint density at radius 3 is 1.53 bits per heavy atom. The molecule has 0 radical (unpaired) electrons. The number of ether oxygens (including phenoxy) is 2. The second kappa shape index (κ2) is 21.6. The van der Waals surface area contributed by atoms with Gasteiger partial charge in [-0.1, -0.05) is 122 Å². The van der Waals surface area contributed by atoms with Crippen molar-refractivity contribution in [3.63, 3.8) is 0 Å². The van der Waals surface area contributed by atoms with Crippen molar-refractivity contribution in [2.24, 2.45) is 0 Å². The molecule has 0 aromatic carbocycles. The van der Waals surface area contributed by atoms with Crippen LogP contribution in [0.4, 0.5) is 0 Å². The summed E-state index contributed by atoms with van der Waals surface area (Å²) in [5.41, 5.74) is 0. The van der Waals surface area contributed by atoms with Crippen LogP contribution in [-0.2, 0) is 14.3 Å². The lowest BCUT2D eigenvalue weighted by atomic mass is 10.0. The second-order valence-electron chi connectivity index (χ2n) is 10.2. The molecule has 1 aliphatic heterocycles. The van der Waals surface area contributed by atoms with E-state index in [9.17, 15) is 20.1 Å². The van der Waals surface area contributed by atoms with Crippen LogP contribution in [0.15, 0.2) is 0 Å². The van der Waals surface area contributed by atoms with E-state index in [-0.39, 0.29) is 19.2 Å². The van der Waals surface area contributed by atoms with Crippen molar-refractivity contribution in [1.82, 2.24) is 0 Å². The van der Waals surface area contributed by atoms with Gasteiger partial charge in [-0.25, -0.2) is 0 Å². The number of aliphatic hydroxyl groups is 3. The number of rotatable bonds is 22. The van der Waals surface area contributed by atoms with E-state index in [1.54, 1.807) is 0 Å². The molecule has 0 aliphatic carbocycles. The smallest absolute Gasteiger partial charge is 0.305 e. The first-order valence-electron chi connectivity index (χ1n) is 14.4. The van der Waals surface area contributed by atoms with Crippen LogP contribution >= 0.6 is 0 Å². The molecule has 202 valence electrons. The zero-order chi connectivity index (χ0) is 24.9. The highest BCUT2D eigenvalue weighted by atomic mass is 16.6. The van der Waals surface area contributed by atoms with Gasteiger partial charge >= 0.3 is 5.97 Å². The molecule has 1 saturated heterocycles. The van der Waals surface area contributed by atoms with Crippen LogP contribution in [0, 0.1) is 0 Å². The molecule has 0 aromatic rings. The molecule has 0 amide bonds. The minimum Gasteiger partial charge on any atom is -0.463 e. The van der Waals surface area contributed by atoms with Crippen molar-refractivity contribution in [3.8, 4) is 0 Å². The van der Waals surface area contributed by atoms with Crippen LogP contribution in [0.2, 0.25) is 0 Å². The van der Waals surface area contributed by atoms with E-state index < -0.39 is 24.4 Å². The van der Waals surface area contributed by atoms with Crippen LogP contribution in [0.3, 0.4) is 0 Å². The van der Waals surface area contributed by atoms with Gasteiger partial charge in [-0.05, 0) is 6.42 Å². The fraction of sp³-hybridized carbons (Fsp3) is 0.964. The Balaban J connectivity index is 1.78. The van der Waals surface area contributed by atoms with Gasteiger partial charge in [-0.2, -0.15) is 0 Å². The summed E-state index contributed by atoms with van der Waals surface area (Å²) in [6, 6.07) is 0. The fourth-order valence-electron chi connectivity index (χ4n) is 4.61. The van der Waals surface area contributed by atoms with Crippen molar-refractivity contribution < 1.29 is 29.6 Å². The van der Waals surface area contributed by atoms with Gasteiger partial charge in [0.05, 0.1) is 6.61 Å². The molecular formula is C28H54O6. The second-order valence-corrected chi connectivity index (χ2v) is 10.2. The lowest BCUT2D eigenvalue weighted by Crippen LogP contribution is -2.54. The number of hydrogen-bond acceptors (Lipinski definition) is 6. The normalized spacial score (nSPS) is 22.7. The van der Waals surface area contributed by atoms with E-state index in [2.05, 4.69) is 6.92 Å². The Bertz CT molecular complexity index is 472. The van der Waals surface area contributed by atoms with E-state index in [0.29, 0.717) is 6.42 Å². The summed E-state index contributed by atoms with van der Waals surface area (Å²) in [6.07, 6.45) is 21.0. The SMILES string of the molecule is CCCCCCCCCCCCCCCCCCCCCC(=O)OC[C@H]1OC[C@@H](O)[C@@H](O)[C@@H]1O. The Hall–Kier alpha value is -0.690. The first-order valence-corrected chi connectivity index (χ1v) is 14.4. The highest BCUT2D eigenvalue weighted by Gasteiger charge is 2.38. The van der Waals surface area contributed by atoms with Gasteiger partial charge < -0.3 is 24.8 Å². The molecule has 0 bridgehead atoms. The molecule has 4 atom stereocenters. The maximum absolute atomic E-state index is 11.8. The summed E-state index contributed by atoms with van der Waals surface area (Å²) in [6.45, 7) is 2.11. The van der Waals surface area contributed by atoms with Crippen molar-refractivity contribution in [3.05, 3.63) is 0 Å². The van der Waals surface area contributed by atoms with Gasteiger partial charge in [-0.3, -0.25) is 4.79 Å². The predicted molar refractivity (Wildman–Crippen MR) is 137 cm³/mol. The van der Waals surface area contributed by atoms with Gasteiger partial charge in [0.15, 0.2) is 0 Å². The number of unbranched alkanes of at least 4 members (excludes halogenated alkanes) is 18. The Morgan fingerprint density at radius 2 is 1.09 bits per heavy atom. The summed E-state index contributed by atoms with van der Waals surface area (Å²) in [4.78, 5) is 11.8. The summed E-state index contributed by atoms with van der Waals surface area (Å²) in [7, 11) is 0. The van der Waals surface area contributed by atoms with E-state index in [1.807, 2.05) is 0 Å². The van der Waals surface area contributed by atoms with Gasteiger partial charge in [0.25, 0.3) is 0 Å². The molecular weight excluding hydrogens is 432 g/mol. The molecule has 6 heteroatoms. The molecule has 6 nitrogen and oxygen atoms in total. The van der Waals surface area contributed by atoms with E-state index in [4.69, 9.17) is 9.47 Å². The van der Waals surface area contributed by atoms with E-state index in [1.165, 1.54) is 103 Å². The molecule has 0 spiro atoms. The minimum atomic E-state index is -1.27. The molecule has 1 aliphatic rings. The summed E-state index contributed by atoms with van der Waals surface area (Å²) in [5.74, 6) is -0.302. The van der Waals surface area contributed by atoms with Crippen LogP contribution < -0.4 is 0 Å². The van der Waals surface area contributed by atoms with Crippen molar-refractivity contribution in [1.29, 1.82) is 0 Å². The Kier molecular flexibility index (Phi) is 19.9. The summed E-state index contributed by atoms with van der Waals surface area (Å²) < 4.78 is 10.4. The lowest BCUT2D eigenvalue weighted by Gasteiger charge is -2.34. The number of hydrogen-bond donors (Lipinski definition) is 3. The number of carbonyl (C=O) groups excluding carboxylic acids is 1. The van der Waals surface area contributed by atoms with Gasteiger partial charge in [-0.15, -0.1) is 0 Å². The molecule has 0 unspecified atom stereocenters. The topological polar surface area (TPSA) is 96.2 Å². The Labute approximate surface area is 208 Å². The maximum atomic E-state index is 11.8. The molecule has 34 heavy (non-hydrogen) atoms. The lowest BCUT2D eigenvalue weighted by molar-refractivity contribution is -0.201. The zero-order valence-electron chi connectivity index (χ0n) is 21.9. The highest BCUT2D eigenvalue weighted by molar-refractivity contribution is 5.69. The third-order valence-electron chi connectivity index (χ3n) is 7.00.